The number of rotatable bonds is 5. The predicted octanol–water partition coefficient (Wildman–Crippen LogP) is 3.05. The molecule has 1 rings (SSSR count). The summed E-state index contributed by atoms with van der Waals surface area (Å²) in [6, 6.07) is 5.96. The van der Waals surface area contributed by atoms with Crippen molar-refractivity contribution < 1.29 is 5.11 Å². The Balaban J connectivity index is 2.97. The maximum atomic E-state index is 9.29. The fourth-order valence-corrected chi connectivity index (χ4v) is 1.95. The quantitative estimate of drug-likeness (QED) is 0.872. The molecule has 1 atom stereocenters. The summed E-state index contributed by atoms with van der Waals surface area (Å²) in [7, 11) is 1.99. The number of benzene rings is 1. The van der Waals surface area contributed by atoms with E-state index in [0.717, 1.165) is 22.8 Å². The Bertz CT molecular complexity index is 415. The molecule has 0 heterocycles. The van der Waals surface area contributed by atoms with Crippen molar-refractivity contribution in [3.05, 3.63) is 28.8 Å². The molecule has 1 unspecified atom stereocenters. The van der Waals surface area contributed by atoms with E-state index in [1.165, 1.54) is 0 Å². The van der Waals surface area contributed by atoms with Crippen LogP contribution in [0, 0.1) is 0 Å². The Labute approximate surface area is 121 Å². The smallest absolute Gasteiger partial charge is 0.0632 e. The molecular formula is C15H25ClN2O. The van der Waals surface area contributed by atoms with Crippen molar-refractivity contribution in [3.8, 4) is 0 Å². The van der Waals surface area contributed by atoms with Crippen molar-refractivity contribution in [2.24, 2.45) is 0 Å². The molecule has 0 aliphatic carbocycles. The van der Waals surface area contributed by atoms with Crippen LogP contribution in [-0.4, -0.2) is 30.3 Å². The molecule has 1 aromatic rings. The first-order chi connectivity index (χ1) is 8.74. The number of aliphatic hydroxyl groups is 1. The van der Waals surface area contributed by atoms with Crippen molar-refractivity contribution in [2.75, 3.05) is 18.6 Å². The van der Waals surface area contributed by atoms with Crippen molar-refractivity contribution in [1.29, 1.82) is 0 Å². The minimum atomic E-state index is 0.0563. The van der Waals surface area contributed by atoms with Crippen LogP contribution in [0.5, 0.6) is 0 Å². The zero-order chi connectivity index (χ0) is 14.6. The number of hydrogen-bond acceptors (Lipinski definition) is 3. The lowest BCUT2D eigenvalue weighted by Gasteiger charge is -2.29. The lowest BCUT2D eigenvalue weighted by molar-refractivity contribution is 0.270. The van der Waals surface area contributed by atoms with Gasteiger partial charge >= 0.3 is 0 Å². The summed E-state index contributed by atoms with van der Waals surface area (Å²) < 4.78 is 0. The van der Waals surface area contributed by atoms with E-state index in [1.807, 2.05) is 32.2 Å². The normalized spacial score (nSPS) is 13.4. The van der Waals surface area contributed by atoms with Crippen LogP contribution in [0.15, 0.2) is 18.2 Å². The number of nitrogens with zero attached hydrogens (tertiary/aromatic N) is 1. The average Bonchev–Trinajstić information content (AvgIpc) is 2.34. The van der Waals surface area contributed by atoms with Gasteiger partial charge in [0.05, 0.1) is 6.61 Å². The van der Waals surface area contributed by atoms with Crippen LogP contribution in [-0.2, 0) is 6.54 Å². The third-order valence-corrected chi connectivity index (χ3v) is 3.39. The first-order valence-corrected chi connectivity index (χ1v) is 6.99. The second-order valence-corrected chi connectivity index (χ2v) is 6.46. The molecule has 0 bridgehead atoms. The molecule has 3 nitrogen and oxygen atoms in total. The van der Waals surface area contributed by atoms with Gasteiger partial charge in [-0.3, -0.25) is 0 Å². The number of aliphatic hydroxyl groups excluding tert-OH is 1. The van der Waals surface area contributed by atoms with E-state index in [0.29, 0.717) is 0 Å². The summed E-state index contributed by atoms with van der Waals surface area (Å²) in [4.78, 5) is 2.08. The highest BCUT2D eigenvalue weighted by atomic mass is 35.5. The molecule has 0 aliphatic heterocycles. The molecule has 108 valence electrons. The summed E-state index contributed by atoms with van der Waals surface area (Å²) in [6.45, 7) is 9.29. The molecule has 0 radical (unpaired) electrons. The fraction of sp³-hybridized carbons (Fsp3) is 0.600. The van der Waals surface area contributed by atoms with Gasteiger partial charge < -0.3 is 15.3 Å². The summed E-state index contributed by atoms with van der Waals surface area (Å²) in [5, 5.41) is 13.5. The lowest BCUT2D eigenvalue weighted by Crippen LogP contribution is -2.37. The summed E-state index contributed by atoms with van der Waals surface area (Å²) in [6.07, 6.45) is 0. The van der Waals surface area contributed by atoms with Crippen molar-refractivity contribution in [3.63, 3.8) is 0 Å². The molecule has 0 aromatic heterocycles. The number of halogens is 1. The fourth-order valence-electron chi connectivity index (χ4n) is 1.76. The largest absolute Gasteiger partial charge is 0.394 e. The molecule has 4 heteroatoms. The van der Waals surface area contributed by atoms with Crippen molar-refractivity contribution >= 4 is 17.3 Å². The molecule has 0 amide bonds. The molecule has 0 spiro atoms. The summed E-state index contributed by atoms with van der Waals surface area (Å²) in [5.74, 6) is 0. The molecular weight excluding hydrogens is 260 g/mol. The van der Waals surface area contributed by atoms with Crippen LogP contribution in [0.3, 0.4) is 0 Å². The molecule has 1 aromatic carbocycles. The van der Waals surface area contributed by atoms with E-state index in [9.17, 15) is 5.11 Å². The minimum absolute atomic E-state index is 0.0563. The Kier molecular flexibility index (Phi) is 5.65. The monoisotopic (exact) mass is 284 g/mol. The van der Waals surface area contributed by atoms with Crippen LogP contribution >= 0.6 is 11.6 Å². The second kappa shape index (κ2) is 6.60. The van der Waals surface area contributed by atoms with Gasteiger partial charge in [0.15, 0.2) is 0 Å². The van der Waals surface area contributed by atoms with Gasteiger partial charge in [0.25, 0.3) is 0 Å². The Hall–Kier alpha value is -0.770. The predicted molar refractivity (Wildman–Crippen MR) is 83.0 cm³/mol. The SMILES string of the molecule is CC(CO)N(C)c1ccc(Cl)cc1CNC(C)(C)C. The van der Waals surface area contributed by atoms with E-state index >= 15 is 0 Å². The number of hydrogen-bond donors (Lipinski definition) is 2. The Morgan fingerprint density at radius 2 is 2.00 bits per heavy atom. The van der Waals surface area contributed by atoms with Gasteiger partial charge in [-0.25, -0.2) is 0 Å². The average molecular weight is 285 g/mol. The lowest BCUT2D eigenvalue weighted by atomic mass is 10.1. The maximum Gasteiger partial charge on any atom is 0.0632 e. The summed E-state index contributed by atoms with van der Waals surface area (Å²) >= 11 is 6.09. The molecule has 2 N–H and O–H groups in total. The van der Waals surface area contributed by atoms with Crippen LogP contribution in [0.25, 0.3) is 0 Å². The third-order valence-electron chi connectivity index (χ3n) is 3.16. The highest BCUT2D eigenvalue weighted by Crippen LogP contribution is 2.25. The first kappa shape index (κ1) is 16.3. The zero-order valence-electron chi connectivity index (χ0n) is 12.5. The van der Waals surface area contributed by atoms with Gasteiger partial charge in [0.2, 0.25) is 0 Å². The molecule has 0 aliphatic rings. The number of anilines is 1. The van der Waals surface area contributed by atoms with Gasteiger partial charge in [0.1, 0.15) is 0 Å². The summed E-state index contributed by atoms with van der Waals surface area (Å²) in [5.41, 5.74) is 2.30. The van der Waals surface area contributed by atoms with Crippen molar-refractivity contribution in [1.82, 2.24) is 5.32 Å². The molecule has 19 heavy (non-hydrogen) atoms. The number of likely N-dealkylation sites (N-methyl/N-ethyl adjacent to an activating group) is 1. The molecule has 0 fully saturated rings. The standard InChI is InChI=1S/C15H25ClN2O/c1-11(10-19)18(5)14-7-6-13(16)8-12(14)9-17-15(2,3)4/h6-8,11,17,19H,9-10H2,1-5H3. The van der Waals surface area contributed by atoms with Gasteiger partial charge in [-0.2, -0.15) is 0 Å². The number of nitrogens with one attached hydrogen (secondary N) is 1. The highest BCUT2D eigenvalue weighted by Gasteiger charge is 2.15. The zero-order valence-corrected chi connectivity index (χ0v) is 13.3. The van der Waals surface area contributed by atoms with E-state index in [1.54, 1.807) is 0 Å². The van der Waals surface area contributed by atoms with Crippen LogP contribution in [0.4, 0.5) is 5.69 Å². The van der Waals surface area contributed by atoms with Gasteiger partial charge in [-0.1, -0.05) is 11.6 Å². The van der Waals surface area contributed by atoms with Crippen LogP contribution in [0.1, 0.15) is 33.3 Å². The van der Waals surface area contributed by atoms with Gasteiger partial charge in [-0.05, 0) is 51.5 Å². The Morgan fingerprint density at radius 3 is 2.53 bits per heavy atom. The molecule has 0 saturated heterocycles. The van der Waals surface area contributed by atoms with Crippen LogP contribution in [0.2, 0.25) is 5.02 Å². The van der Waals surface area contributed by atoms with E-state index in [2.05, 4.69) is 31.0 Å². The molecule has 0 saturated carbocycles. The topological polar surface area (TPSA) is 35.5 Å². The highest BCUT2D eigenvalue weighted by molar-refractivity contribution is 6.30. The van der Waals surface area contributed by atoms with E-state index in [4.69, 9.17) is 11.6 Å². The van der Waals surface area contributed by atoms with Gasteiger partial charge in [0, 0.05) is 35.9 Å². The van der Waals surface area contributed by atoms with Crippen LogP contribution < -0.4 is 10.2 Å². The van der Waals surface area contributed by atoms with E-state index in [-0.39, 0.29) is 18.2 Å². The maximum absolute atomic E-state index is 9.29. The van der Waals surface area contributed by atoms with Crippen molar-refractivity contribution in [2.45, 2.75) is 45.8 Å². The van der Waals surface area contributed by atoms with Gasteiger partial charge in [-0.15, -0.1) is 0 Å². The minimum Gasteiger partial charge on any atom is -0.394 e. The second-order valence-electron chi connectivity index (χ2n) is 6.02. The first-order valence-electron chi connectivity index (χ1n) is 6.61. The Morgan fingerprint density at radius 1 is 1.37 bits per heavy atom. The third kappa shape index (κ3) is 5.01. The van der Waals surface area contributed by atoms with E-state index < -0.39 is 0 Å².